The lowest BCUT2D eigenvalue weighted by Crippen LogP contribution is -2.34. The minimum absolute atomic E-state index is 0.0231. The van der Waals surface area contributed by atoms with Crippen LogP contribution in [-0.4, -0.2) is 21.5 Å². The number of sulfonamides is 1. The fourth-order valence-electron chi connectivity index (χ4n) is 2.51. The van der Waals surface area contributed by atoms with E-state index in [0.717, 1.165) is 24.8 Å². The highest BCUT2D eigenvalue weighted by Crippen LogP contribution is 2.33. The SMILES string of the molecule is CCC(NC)c1cccc(S(=O)(=O)NC(C)C2CC2)c1. The van der Waals surface area contributed by atoms with E-state index >= 15 is 0 Å². The average molecular weight is 296 g/mol. The van der Waals surface area contributed by atoms with Gasteiger partial charge in [-0.15, -0.1) is 0 Å². The molecule has 0 bridgehead atoms. The number of hydrogen-bond acceptors (Lipinski definition) is 3. The standard InChI is InChI=1S/C15H24N2O2S/c1-4-15(16-3)13-6-5-7-14(10-13)20(18,19)17-11(2)12-8-9-12/h5-7,10-12,15-17H,4,8-9H2,1-3H3. The van der Waals surface area contributed by atoms with Crippen molar-refractivity contribution in [2.24, 2.45) is 5.92 Å². The lowest BCUT2D eigenvalue weighted by molar-refractivity contribution is 0.537. The Labute approximate surface area is 122 Å². The molecule has 0 saturated heterocycles. The smallest absolute Gasteiger partial charge is 0.240 e. The molecule has 1 aromatic rings. The van der Waals surface area contributed by atoms with Crippen LogP contribution in [0.5, 0.6) is 0 Å². The van der Waals surface area contributed by atoms with Crippen LogP contribution in [0.25, 0.3) is 0 Å². The lowest BCUT2D eigenvalue weighted by Gasteiger charge is -2.17. The van der Waals surface area contributed by atoms with Gasteiger partial charge in [0.05, 0.1) is 4.90 Å². The van der Waals surface area contributed by atoms with Gasteiger partial charge in [-0.25, -0.2) is 13.1 Å². The number of nitrogens with one attached hydrogen (secondary N) is 2. The van der Waals surface area contributed by atoms with Crippen LogP contribution in [0.1, 0.15) is 44.7 Å². The Bertz CT molecular complexity index is 549. The van der Waals surface area contributed by atoms with E-state index in [9.17, 15) is 8.42 Å². The average Bonchev–Trinajstić information content (AvgIpc) is 3.24. The second-order valence-electron chi connectivity index (χ2n) is 5.57. The quantitative estimate of drug-likeness (QED) is 0.812. The molecule has 0 spiro atoms. The highest BCUT2D eigenvalue weighted by atomic mass is 32.2. The first-order valence-electron chi connectivity index (χ1n) is 7.27. The first-order chi connectivity index (χ1) is 9.47. The molecule has 2 N–H and O–H groups in total. The largest absolute Gasteiger partial charge is 0.313 e. The maximum absolute atomic E-state index is 12.4. The molecule has 20 heavy (non-hydrogen) atoms. The Morgan fingerprint density at radius 2 is 2.05 bits per heavy atom. The summed E-state index contributed by atoms with van der Waals surface area (Å²) in [5, 5.41) is 3.20. The van der Waals surface area contributed by atoms with Crippen molar-refractivity contribution in [2.75, 3.05) is 7.05 Å². The minimum Gasteiger partial charge on any atom is -0.313 e. The molecule has 0 aromatic heterocycles. The van der Waals surface area contributed by atoms with E-state index < -0.39 is 10.0 Å². The molecule has 4 nitrogen and oxygen atoms in total. The van der Waals surface area contributed by atoms with E-state index in [4.69, 9.17) is 0 Å². The van der Waals surface area contributed by atoms with Crippen LogP contribution >= 0.6 is 0 Å². The highest BCUT2D eigenvalue weighted by Gasteiger charge is 2.31. The summed E-state index contributed by atoms with van der Waals surface area (Å²) in [6.07, 6.45) is 3.18. The van der Waals surface area contributed by atoms with Gasteiger partial charge in [0, 0.05) is 12.1 Å². The van der Waals surface area contributed by atoms with Crippen molar-refractivity contribution in [2.45, 2.75) is 50.1 Å². The first kappa shape index (κ1) is 15.5. The van der Waals surface area contributed by atoms with Gasteiger partial charge in [-0.2, -0.15) is 0 Å². The van der Waals surface area contributed by atoms with Gasteiger partial charge in [-0.3, -0.25) is 0 Å². The van der Waals surface area contributed by atoms with Gasteiger partial charge in [-0.1, -0.05) is 19.1 Å². The molecule has 1 aliphatic carbocycles. The Morgan fingerprint density at radius 3 is 2.60 bits per heavy atom. The van der Waals surface area contributed by atoms with Gasteiger partial charge in [0.2, 0.25) is 10.0 Å². The third kappa shape index (κ3) is 3.59. The second-order valence-corrected chi connectivity index (χ2v) is 7.28. The third-order valence-electron chi connectivity index (χ3n) is 4.00. The predicted molar refractivity (Wildman–Crippen MR) is 81.0 cm³/mol. The van der Waals surface area contributed by atoms with Gasteiger partial charge in [0.15, 0.2) is 0 Å². The van der Waals surface area contributed by atoms with Crippen molar-refractivity contribution in [1.82, 2.24) is 10.0 Å². The maximum Gasteiger partial charge on any atom is 0.240 e. The summed E-state index contributed by atoms with van der Waals surface area (Å²) in [5.74, 6) is 0.508. The van der Waals surface area contributed by atoms with Crippen molar-refractivity contribution in [3.8, 4) is 0 Å². The van der Waals surface area contributed by atoms with Crippen LogP contribution in [0, 0.1) is 5.92 Å². The monoisotopic (exact) mass is 296 g/mol. The van der Waals surface area contributed by atoms with E-state index in [-0.39, 0.29) is 12.1 Å². The van der Waals surface area contributed by atoms with E-state index in [1.165, 1.54) is 0 Å². The van der Waals surface area contributed by atoms with Crippen LogP contribution < -0.4 is 10.0 Å². The molecule has 5 heteroatoms. The molecule has 0 radical (unpaired) electrons. The summed E-state index contributed by atoms with van der Waals surface area (Å²) < 4.78 is 27.6. The highest BCUT2D eigenvalue weighted by molar-refractivity contribution is 7.89. The summed E-state index contributed by atoms with van der Waals surface area (Å²) >= 11 is 0. The van der Waals surface area contributed by atoms with Gasteiger partial charge in [-0.05, 0) is 56.8 Å². The van der Waals surface area contributed by atoms with Crippen molar-refractivity contribution < 1.29 is 8.42 Å². The second kappa shape index (κ2) is 6.24. The molecule has 1 fully saturated rings. The summed E-state index contributed by atoms with van der Waals surface area (Å²) in [6, 6.07) is 7.42. The van der Waals surface area contributed by atoms with Gasteiger partial charge >= 0.3 is 0 Å². The molecule has 0 heterocycles. The molecule has 0 amide bonds. The molecule has 0 aliphatic heterocycles. The summed E-state index contributed by atoms with van der Waals surface area (Å²) in [4.78, 5) is 0.358. The zero-order chi connectivity index (χ0) is 14.8. The lowest BCUT2D eigenvalue weighted by atomic mass is 10.1. The van der Waals surface area contributed by atoms with Crippen LogP contribution in [0.3, 0.4) is 0 Å². The van der Waals surface area contributed by atoms with E-state index in [0.29, 0.717) is 10.8 Å². The molecule has 2 rings (SSSR count). The Hall–Kier alpha value is -0.910. The van der Waals surface area contributed by atoms with E-state index in [1.807, 2.05) is 26.1 Å². The minimum atomic E-state index is -3.41. The number of hydrogen-bond donors (Lipinski definition) is 2. The Kier molecular flexibility index (Phi) is 4.83. The van der Waals surface area contributed by atoms with Gasteiger partial charge in [0.1, 0.15) is 0 Å². The molecule has 2 atom stereocenters. The molecular weight excluding hydrogens is 272 g/mol. The van der Waals surface area contributed by atoms with Gasteiger partial charge < -0.3 is 5.32 Å². The molecule has 1 aromatic carbocycles. The van der Waals surface area contributed by atoms with E-state index in [2.05, 4.69) is 17.0 Å². The maximum atomic E-state index is 12.4. The van der Waals surface area contributed by atoms with Crippen LogP contribution in [0.4, 0.5) is 0 Å². The number of benzene rings is 1. The predicted octanol–water partition coefficient (Wildman–Crippen LogP) is 2.43. The summed E-state index contributed by atoms with van der Waals surface area (Å²) in [7, 11) is -1.52. The molecular formula is C15H24N2O2S. The van der Waals surface area contributed by atoms with Crippen LogP contribution in [0.2, 0.25) is 0 Å². The van der Waals surface area contributed by atoms with E-state index in [1.54, 1.807) is 12.1 Å². The fourth-order valence-corrected chi connectivity index (χ4v) is 3.88. The van der Waals surface area contributed by atoms with Crippen molar-refractivity contribution in [1.29, 1.82) is 0 Å². The third-order valence-corrected chi connectivity index (χ3v) is 5.55. The van der Waals surface area contributed by atoms with Crippen molar-refractivity contribution in [3.63, 3.8) is 0 Å². The molecule has 1 aliphatic rings. The van der Waals surface area contributed by atoms with Crippen molar-refractivity contribution >= 4 is 10.0 Å². The van der Waals surface area contributed by atoms with Crippen LogP contribution in [0.15, 0.2) is 29.2 Å². The zero-order valence-corrected chi connectivity index (χ0v) is 13.2. The Balaban J connectivity index is 2.20. The normalized spacial score (nSPS) is 18.8. The topological polar surface area (TPSA) is 58.2 Å². The van der Waals surface area contributed by atoms with Crippen LogP contribution in [-0.2, 0) is 10.0 Å². The molecule has 2 unspecified atom stereocenters. The summed E-state index contributed by atoms with van der Waals surface area (Å²) in [5.41, 5.74) is 1.01. The first-order valence-corrected chi connectivity index (χ1v) is 8.75. The summed E-state index contributed by atoms with van der Waals surface area (Å²) in [6.45, 7) is 4.03. The molecule has 1 saturated carbocycles. The molecule has 112 valence electrons. The zero-order valence-electron chi connectivity index (χ0n) is 12.4. The Morgan fingerprint density at radius 1 is 1.35 bits per heavy atom. The van der Waals surface area contributed by atoms with Gasteiger partial charge in [0.25, 0.3) is 0 Å². The fraction of sp³-hybridized carbons (Fsp3) is 0.600. The number of rotatable bonds is 7. The van der Waals surface area contributed by atoms with Crippen molar-refractivity contribution in [3.05, 3.63) is 29.8 Å².